The Labute approximate surface area is 122 Å². The minimum atomic E-state index is 0.443. The summed E-state index contributed by atoms with van der Waals surface area (Å²) < 4.78 is 7.60. The fraction of sp³-hybridized carbons (Fsp3) is 0.0714. The molecule has 0 N–H and O–H groups in total. The zero-order valence-electron chi connectivity index (χ0n) is 9.36. The van der Waals surface area contributed by atoms with Crippen molar-refractivity contribution in [3.05, 3.63) is 62.5 Å². The molecule has 2 rings (SSSR count). The van der Waals surface area contributed by atoms with E-state index < -0.39 is 0 Å². The van der Waals surface area contributed by atoms with Crippen LogP contribution in [0.25, 0.3) is 0 Å². The summed E-state index contributed by atoms with van der Waals surface area (Å²) in [6.07, 6.45) is 0. The van der Waals surface area contributed by atoms with Crippen LogP contribution < -0.4 is 4.74 Å². The molecule has 90 valence electrons. The summed E-state index contributed by atoms with van der Waals surface area (Å²) in [5.74, 6) is 0.592. The molecule has 2 aromatic carbocycles. The maximum absolute atomic E-state index is 8.99. The summed E-state index contributed by atoms with van der Waals surface area (Å²) in [7, 11) is 0. The van der Waals surface area contributed by atoms with Crippen molar-refractivity contribution in [2.45, 2.75) is 6.61 Å². The molecule has 0 heterocycles. The van der Waals surface area contributed by atoms with Gasteiger partial charge in [-0.3, -0.25) is 0 Å². The SMILES string of the molecule is N#Cc1ccc(Br)cc1OCc1ccc(Br)cc1. The van der Waals surface area contributed by atoms with Gasteiger partial charge in [0.25, 0.3) is 0 Å². The Hall–Kier alpha value is -1.31. The van der Waals surface area contributed by atoms with Gasteiger partial charge >= 0.3 is 0 Å². The third-order valence-corrected chi connectivity index (χ3v) is 3.39. The van der Waals surface area contributed by atoms with E-state index in [9.17, 15) is 0 Å². The fourth-order valence-electron chi connectivity index (χ4n) is 1.45. The first-order valence-corrected chi connectivity index (χ1v) is 6.84. The molecule has 4 heteroatoms. The molecule has 2 aromatic rings. The van der Waals surface area contributed by atoms with Gasteiger partial charge in [0, 0.05) is 8.95 Å². The van der Waals surface area contributed by atoms with Gasteiger partial charge in [-0.15, -0.1) is 0 Å². The van der Waals surface area contributed by atoms with Crippen LogP contribution in [0.3, 0.4) is 0 Å². The second kappa shape index (κ2) is 6.03. The van der Waals surface area contributed by atoms with Gasteiger partial charge in [0.15, 0.2) is 0 Å². The molecule has 0 fully saturated rings. The summed E-state index contributed by atoms with van der Waals surface area (Å²) in [4.78, 5) is 0. The number of hydrogen-bond donors (Lipinski definition) is 0. The quantitative estimate of drug-likeness (QED) is 0.791. The van der Waals surface area contributed by atoms with Crippen LogP contribution in [0.4, 0.5) is 0 Å². The molecule has 0 saturated carbocycles. The molecule has 2 nitrogen and oxygen atoms in total. The van der Waals surface area contributed by atoms with Gasteiger partial charge in [0.1, 0.15) is 18.4 Å². The summed E-state index contributed by atoms with van der Waals surface area (Å²) >= 11 is 6.75. The lowest BCUT2D eigenvalue weighted by molar-refractivity contribution is 0.305. The molecule has 0 aliphatic carbocycles. The van der Waals surface area contributed by atoms with E-state index in [1.54, 1.807) is 12.1 Å². The molecule has 18 heavy (non-hydrogen) atoms. The van der Waals surface area contributed by atoms with E-state index in [-0.39, 0.29) is 0 Å². The van der Waals surface area contributed by atoms with E-state index in [2.05, 4.69) is 37.9 Å². The number of halogens is 2. The molecule has 0 amide bonds. The third-order valence-electron chi connectivity index (χ3n) is 2.37. The maximum atomic E-state index is 8.99. The van der Waals surface area contributed by atoms with E-state index in [1.807, 2.05) is 30.3 Å². The molecule has 0 bridgehead atoms. The van der Waals surface area contributed by atoms with Crippen LogP contribution in [-0.4, -0.2) is 0 Å². The highest BCUT2D eigenvalue weighted by Gasteiger charge is 2.04. The monoisotopic (exact) mass is 365 g/mol. The summed E-state index contributed by atoms with van der Waals surface area (Å²) in [6, 6.07) is 15.4. The van der Waals surface area contributed by atoms with Gasteiger partial charge in [-0.2, -0.15) is 5.26 Å². The Bertz CT molecular complexity index is 588. The van der Waals surface area contributed by atoms with E-state index >= 15 is 0 Å². The van der Waals surface area contributed by atoms with Gasteiger partial charge in [-0.1, -0.05) is 44.0 Å². The molecule has 0 spiro atoms. The lowest BCUT2D eigenvalue weighted by Gasteiger charge is -2.08. The molecule has 0 radical (unpaired) electrons. The van der Waals surface area contributed by atoms with Crippen molar-refractivity contribution >= 4 is 31.9 Å². The van der Waals surface area contributed by atoms with Gasteiger partial charge in [0.05, 0.1) is 5.56 Å². The molecule has 0 aliphatic heterocycles. The van der Waals surface area contributed by atoms with Crippen LogP contribution in [0.5, 0.6) is 5.75 Å². The highest BCUT2D eigenvalue weighted by molar-refractivity contribution is 9.10. The van der Waals surface area contributed by atoms with Crippen molar-refractivity contribution in [3.8, 4) is 11.8 Å². The highest BCUT2D eigenvalue weighted by atomic mass is 79.9. The van der Waals surface area contributed by atoms with Crippen molar-refractivity contribution in [2.24, 2.45) is 0 Å². The molecule has 0 aliphatic rings. The van der Waals surface area contributed by atoms with E-state index in [1.165, 1.54) is 0 Å². The number of nitrogens with zero attached hydrogens (tertiary/aromatic N) is 1. The van der Waals surface area contributed by atoms with Gasteiger partial charge < -0.3 is 4.74 Å². The lowest BCUT2D eigenvalue weighted by atomic mass is 10.2. The van der Waals surface area contributed by atoms with Crippen LogP contribution in [0.2, 0.25) is 0 Å². The minimum Gasteiger partial charge on any atom is -0.487 e. The van der Waals surface area contributed by atoms with Crippen molar-refractivity contribution in [1.82, 2.24) is 0 Å². The first-order valence-electron chi connectivity index (χ1n) is 5.26. The summed E-state index contributed by atoms with van der Waals surface area (Å²) in [5.41, 5.74) is 1.59. The minimum absolute atomic E-state index is 0.443. The highest BCUT2D eigenvalue weighted by Crippen LogP contribution is 2.24. The largest absolute Gasteiger partial charge is 0.487 e. The normalized spacial score (nSPS) is 9.83. The van der Waals surface area contributed by atoms with Crippen LogP contribution in [-0.2, 0) is 6.61 Å². The first kappa shape index (κ1) is 13.1. The second-order valence-electron chi connectivity index (χ2n) is 3.67. The summed E-state index contributed by atoms with van der Waals surface area (Å²) in [6.45, 7) is 0.443. The van der Waals surface area contributed by atoms with E-state index in [0.29, 0.717) is 17.9 Å². The molecular weight excluding hydrogens is 358 g/mol. The number of benzene rings is 2. The molecule has 0 aromatic heterocycles. The average molecular weight is 367 g/mol. The van der Waals surface area contributed by atoms with E-state index in [4.69, 9.17) is 10.00 Å². The van der Waals surface area contributed by atoms with Crippen molar-refractivity contribution in [1.29, 1.82) is 5.26 Å². The summed E-state index contributed by atoms with van der Waals surface area (Å²) in [5, 5.41) is 8.99. The maximum Gasteiger partial charge on any atom is 0.138 e. The Kier molecular flexibility index (Phi) is 4.40. The Balaban J connectivity index is 2.13. The van der Waals surface area contributed by atoms with Gasteiger partial charge in [0.2, 0.25) is 0 Å². The van der Waals surface area contributed by atoms with Gasteiger partial charge in [-0.05, 0) is 35.9 Å². The standard InChI is InChI=1S/C14H9Br2NO/c15-12-4-1-10(2-5-12)9-18-14-7-13(16)6-3-11(14)8-17/h1-7H,9H2. The Morgan fingerprint density at radius 3 is 2.33 bits per heavy atom. The molecule has 0 unspecified atom stereocenters. The van der Waals surface area contributed by atoms with Crippen LogP contribution in [0, 0.1) is 11.3 Å². The van der Waals surface area contributed by atoms with Gasteiger partial charge in [-0.25, -0.2) is 0 Å². The first-order chi connectivity index (χ1) is 8.69. The predicted octanol–water partition coefficient (Wildman–Crippen LogP) is 4.66. The van der Waals surface area contributed by atoms with Crippen molar-refractivity contribution < 1.29 is 4.74 Å². The lowest BCUT2D eigenvalue weighted by Crippen LogP contribution is -1.97. The number of hydrogen-bond acceptors (Lipinski definition) is 2. The predicted molar refractivity (Wildman–Crippen MR) is 77.3 cm³/mol. The van der Waals surface area contributed by atoms with Crippen molar-refractivity contribution in [3.63, 3.8) is 0 Å². The average Bonchev–Trinajstić information content (AvgIpc) is 2.38. The number of nitriles is 1. The van der Waals surface area contributed by atoms with Crippen molar-refractivity contribution in [2.75, 3.05) is 0 Å². The zero-order chi connectivity index (χ0) is 13.0. The number of ether oxygens (including phenoxy) is 1. The molecular formula is C14H9Br2NO. The number of rotatable bonds is 3. The topological polar surface area (TPSA) is 33.0 Å². The second-order valence-corrected chi connectivity index (χ2v) is 5.50. The Morgan fingerprint density at radius 2 is 1.67 bits per heavy atom. The smallest absolute Gasteiger partial charge is 0.138 e. The third kappa shape index (κ3) is 3.34. The fourth-order valence-corrected chi connectivity index (χ4v) is 2.05. The van der Waals surface area contributed by atoms with Crippen LogP contribution >= 0.6 is 31.9 Å². The molecule has 0 saturated heterocycles. The zero-order valence-corrected chi connectivity index (χ0v) is 12.5. The van der Waals surface area contributed by atoms with Crippen LogP contribution in [0.1, 0.15) is 11.1 Å². The van der Waals surface area contributed by atoms with E-state index in [0.717, 1.165) is 14.5 Å². The van der Waals surface area contributed by atoms with Crippen LogP contribution in [0.15, 0.2) is 51.4 Å². The molecule has 0 atom stereocenters. The Morgan fingerprint density at radius 1 is 1.00 bits per heavy atom.